The van der Waals surface area contributed by atoms with Crippen LogP contribution in [0.3, 0.4) is 0 Å². The predicted molar refractivity (Wildman–Crippen MR) is 77.3 cm³/mol. The molecule has 1 aromatic carbocycles. The second-order valence-electron chi connectivity index (χ2n) is 4.74. The molecule has 0 fully saturated rings. The minimum atomic E-state index is -1.10. The molecule has 5 nitrogen and oxygen atoms in total. The van der Waals surface area contributed by atoms with Crippen LogP contribution in [0.25, 0.3) is 0 Å². The van der Waals surface area contributed by atoms with E-state index in [0.29, 0.717) is 11.3 Å². The van der Waals surface area contributed by atoms with Crippen molar-refractivity contribution in [2.75, 3.05) is 5.32 Å². The van der Waals surface area contributed by atoms with Crippen molar-refractivity contribution in [3.63, 3.8) is 0 Å². The van der Waals surface area contributed by atoms with Gasteiger partial charge in [0.05, 0.1) is 4.47 Å². The van der Waals surface area contributed by atoms with Crippen LogP contribution < -0.4 is 10.6 Å². The molecule has 0 radical (unpaired) electrons. The molecule has 0 bridgehead atoms. The molecule has 0 spiro atoms. The summed E-state index contributed by atoms with van der Waals surface area (Å²) in [5.41, 5.74) is 0.945. The first-order valence-corrected chi connectivity index (χ1v) is 6.77. The molecule has 0 saturated heterocycles. The van der Waals surface area contributed by atoms with Crippen LogP contribution in [-0.2, 0) is 4.79 Å². The lowest BCUT2D eigenvalue weighted by atomic mass is 10.1. The number of nitrogens with one attached hydrogen (secondary N) is 2. The molecule has 0 aliphatic carbocycles. The molecule has 1 unspecified atom stereocenters. The molecule has 0 aliphatic rings. The Morgan fingerprint density at radius 1 is 1.35 bits per heavy atom. The van der Waals surface area contributed by atoms with Gasteiger partial charge in [0.1, 0.15) is 11.9 Å². The summed E-state index contributed by atoms with van der Waals surface area (Å²) in [5.74, 6) is -1.79. The number of carboxylic acids is 1. The number of aliphatic carboxylic acids is 1. The van der Waals surface area contributed by atoms with Gasteiger partial charge in [0.2, 0.25) is 0 Å². The lowest BCUT2D eigenvalue weighted by Gasteiger charge is -2.18. The monoisotopic (exact) mass is 346 g/mol. The number of anilines is 1. The summed E-state index contributed by atoms with van der Waals surface area (Å²) < 4.78 is 13.5. The molecule has 1 aromatic rings. The highest BCUT2D eigenvalue weighted by Crippen LogP contribution is 2.24. The number of halogens is 2. The summed E-state index contributed by atoms with van der Waals surface area (Å²) in [7, 11) is 0. The number of benzene rings is 1. The summed E-state index contributed by atoms with van der Waals surface area (Å²) >= 11 is 3.03. The first-order chi connectivity index (χ1) is 9.22. The highest BCUT2D eigenvalue weighted by Gasteiger charge is 2.23. The normalized spacial score (nSPS) is 12.1. The fourth-order valence-electron chi connectivity index (χ4n) is 1.59. The maximum absolute atomic E-state index is 13.3. The molecule has 2 amide bonds. The molecule has 0 heterocycles. The largest absolute Gasteiger partial charge is 0.480 e. The van der Waals surface area contributed by atoms with Crippen molar-refractivity contribution in [3.8, 4) is 0 Å². The van der Waals surface area contributed by atoms with Crippen molar-refractivity contribution in [1.29, 1.82) is 0 Å². The van der Waals surface area contributed by atoms with Crippen LogP contribution in [0.5, 0.6) is 0 Å². The zero-order valence-electron chi connectivity index (χ0n) is 11.3. The summed E-state index contributed by atoms with van der Waals surface area (Å²) in [6.45, 7) is 5.03. The average Bonchev–Trinajstić information content (AvgIpc) is 2.32. The van der Waals surface area contributed by atoms with E-state index in [9.17, 15) is 14.0 Å². The van der Waals surface area contributed by atoms with E-state index in [0.717, 1.165) is 0 Å². The molecule has 7 heteroatoms. The molecule has 110 valence electrons. The first kappa shape index (κ1) is 16.4. The van der Waals surface area contributed by atoms with Gasteiger partial charge < -0.3 is 15.7 Å². The van der Waals surface area contributed by atoms with Gasteiger partial charge in [-0.1, -0.05) is 13.8 Å². The number of amides is 2. The van der Waals surface area contributed by atoms with Crippen molar-refractivity contribution >= 4 is 33.6 Å². The Morgan fingerprint density at radius 3 is 2.45 bits per heavy atom. The standard InChI is InChI=1S/C13H16BrFN2O3/c1-6(2)11(12(18)19)17-13(20)16-10-5-8(14)9(15)4-7(10)3/h4-6,11H,1-3H3,(H,18,19)(H2,16,17,20). The maximum Gasteiger partial charge on any atom is 0.326 e. The minimum absolute atomic E-state index is 0.219. The third-order valence-corrected chi connectivity index (χ3v) is 3.34. The number of rotatable bonds is 4. The topological polar surface area (TPSA) is 78.4 Å². The maximum atomic E-state index is 13.3. The second kappa shape index (κ2) is 6.69. The fraction of sp³-hybridized carbons (Fsp3) is 0.385. The van der Waals surface area contributed by atoms with Gasteiger partial charge in [0.15, 0.2) is 0 Å². The molecule has 0 saturated carbocycles. The van der Waals surface area contributed by atoms with Crippen LogP contribution in [0.2, 0.25) is 0 Å². The smallest absolute Gasteiger partial charge is 0.326 e. The van der Waals surface area contributed by atoms with Crippen molar-refractivity contribution in [2.45, 2.75) is 26.8 Å². The lowest BCUT2D eigenvalue weighted by molar-refractivity contribution is -0.140. The predicted octanol–water partition coefficient (Wildman–Crippen LogP) is 3.13. The molecule has 1 rings (SSSR count). The van der Waals surface area contributed by atoms with Gasteiger partial charge in [-0.05, 0) is 46.5 Å². The van der Waals surface area contributed by atoms with E-state index >= 15 is 0 Å². The Hall–Kier alpha value is -1.63. The average molecular weight is 347 g/mol. The highest BCUT2D eigenvalue weighted by molar-refractivity contribution is 9.10. The van der Waals surface area contributed by atoms with Crippen LogP contribution in [0.4, 0.5) is 14.9 Å². The van der Waals surface area contributed by atoms with Crippen LogP contribution in [0, 0.1) is 18.7 Å². The number of carboxylic acid groups (broad SMARTS) is 1. The summed E-state index contributed by atoms with van der Waals surface area (Å²) in [6, 6.07) is 1.07. The number of hydrogen-bond acceptors (Lipinski definition) is 2. The van der Waals surface area contributed by atoms with Gasteiger partial charge in [-0.15, -0.1) is 0 Å². The van der Waals surface area contributed by atoms with E-state index in [2.05, 4.69) is 26.6 Å². The van der Waals surface area contributed by atoms with Crippen molar-refractivity contribution in [3.05, 3.63) is 28.0 Å². The van der Waals surface area contributed by atoms with E-state index in [1.807, 2.05) is 0 Å². The van der Waals surface area contributed by atoms with E-state index in [1.54, 1.807) is 20.8 Å². The number of urea groups is 1. The molecule has 0 aromatic heterocycles. The molecule has 0 aliphatic heterocycles. The molecular formula is C13H16BrFN2O3. The molecule has 3 N–H and O–H groups in total. The van der Waals surface area contributed by atoms with E-state index < -0.39 is 23.9 Å². The summed E-state index contributed by atoms with van der Waals surface area (Å²) in [4.78, 5) is 22.8. The number of carbonyl (C=O) groups excluding carboxylic acids is 1. The third kappa shape index (κ3) is 4.19. The van der Waals surface area contributed by atoms with Crippen molar-refractivity contribution in [2.24, 2.45) is 5.92 Å². The number of aryl methyl sites for hydroxylation is 1. The summed E-state index contributed by atoms with van der Waals surface area (Å²) in [5, 5.41) is 13.9. The quantitative estimate of drug-likeness (QED) is 0.783. The minimum Gasteiger partial charge on any atom is -0.480 e. The number of hydrogen-bond donors (Lipinski definition) is 3. The van der Waals surface area contributed by atoms with E-state index in [-0.39, 0.29) is 10.4 Å². The molecule has 1 atom stereocenters. The lowest BCUT2D eigenvalue weighted by Crippen LogP contribution is -2.46. The van der Waals surface area contributed by atoms with Gasteiger partial charge in [0, 0.05) is 5.69 Å². The number of carbonyl (C=O) groups is 2. The SMILES string of the molecule is Cc1cc(F)c(Br)cc1NC(=O)NC(C(=O)O)C(C)C. The molecular weight excluding hydrogens is 331 g/mol. The Bertz CT molecular complexity index is 535. The van der Waals surface area contributed by atoms with Gasteiger partial charge in [-0.25, -0.2) is 14.0 Å². The van der Waals surface area contributed by atoms with Gasteiger partial charge in [-0.3, -0.25) is 0 Å². The van der Waals surface area contributed by atoms with Crippen LogP contribution in [-0.4, -0.2) is 23.1 Å². The first-order valence-electron chi connectivity index (χ1n) is 5.98. The van der Waals surface area contributed by atoms with Gasteiger partial charge in [0.25, 0.3) is 0 Å². The zero-order valence-corrected chi connectivity index (χ0v) is 12.9. The Kier molecular flexibility index (Phi) is 5.50. The zero-order chi connectivity index (χ0) is 15.4. The Balaban J connectivity index is 2.81. The summed E-state index contributed by atoms with van der Waals surface area (Å²) in [6.07, 6.45) is 0. The second-order valence-corrected chi connectivity index (χ2v) is 5.59. The highest BCUT2D eigenvalue weighted by atomic mass is 79.9. The third-order valence-electron chi connectivity index (χ3n) is 2.73. The van der Waals surface area contributed by atoms with Gasteiger partial charge in [-0.2, -0.15) is 0 Å². The van der Waals surface area contributed by atoms with Gasteiger partial charge >= 0.3 is 12.0 Å². The Labute approximate surface area is 124 Å². The van der Waals surface area contributed by atoms with E-state index in [4.69, 9.17) is 5.11 Å². The van der Waals surface area contributed by atoms with E-state index in [1.165, 1.54) is 12.1 Å². The van der Waals surface area contributed by atoms with Crippen LogP contribution in [0.1, 0.15) is 19.4 Å². The molecule has 20 heavy (non-hydrogen) atoms. The van der Waals surface area contributed by atoms with Crippen molar-refractivity contribution < 1.29 is 19.1 Å². The van der Waals surface area contributed by atoms with Crippen LogP contribution in [0.15, 0.2) is 16.6 Å². The Morgan fingerprint density at radius 2 is 1.95 bits per heavy atom. The van der Waals surface area contributed by atoms with Crippen LogP contribution >= 0.6 is 15.9 Å². The fourth-order valence-corrected chi connectivity index (χ4v) is 1.94. The van der Waals surface area contributed by atoms with Crippen molar-refractivity contribution in [1.82, 2.24) is 5.32 Å².